The summed E-state index contributed by atoms with van der Waals surface area (Å²) in [4.78, 5) is 0. The second kappa shape index (κ2) is 9.07. The van der Waals surface area contributed by atoms with E-state index in [-0.39, 0.29) is 6.61 Å². The summed E-state index contributed by atoms with van der Waals surface area (Å²) in [6, 6.07) is 24.6. The zero-order valence-electron chi connectivity index (χ0n) is 15.0. The fourth-order valence-electron chi connectivity index (χ4n) is 2.73. The smallest absolute Gasteiger partial charge is 0.119 e. The average molecular weight is 348 g/mol. The molecule has 0 heterocycles. The summed E-state index contributed by atoms with van der Waals surface area (Å²) < 4.78 is 11.0. The first kappa shape index (κ1) is 18.0. The first-order chi connectivity index (χ1) is 12.8. The lowest BCUT2D eigenvalue weighted by Gasteiger charge is -2.08. The SMILES string of the molecule is CCCOc1ccc(-c2ccc(-c3ccc(OCCO)cc3)cc2)cc1. The van der Waals surface area contributed by atoms with Crippen molar-refractivity contribution in [2.75, 3.05) is 19.8 Å². The van der Waals surface area contributed by atoms with E-state index in [0.29, 0.717) is 6.61 Å². The Balaban J connectivity index is 1.69. The summed E-state index contributed by atoms with van der Waals surface area (Å²) in [5.74, 6) is 1.68. The Kier molecular flexibility index (Phi) is 6.29. The lowest BCUT2D eigenvalue weighted by Crippen LogP contribution is -2.01. The number of aliphatic hydroxyl groups is 1. The van der Waals surface area contributed by atoms with Crippen LogP contribution in [-0.2, 0) is 0 Å². The van der Waals surface area contributed by atoms with Gasteiger partial charge in [0.25, 0.3) is 0 Å². The van der Waals surface area contributed by atoms with Crippen LogP contribution in [0.4, 0.5) is 0 Å². The Morgan fingerprint density at radius 2 is 0.923 bits per heavy atom. The maximum Gasteiger partial charge on any atom is 0.119 e. The minimum absolute atomic E-state index is 0.0227. The van der Waals surface area contributed by atoms with E-state index in [4.69, 9.17) is 14.6 Å². The normalized spacial score (nSPS) is 10.5. The number of hydrogen-bond acceptors (Lipinski definition) is 3. The predicted molar refractivity (Wildman–Crippen MR) is 106 cm³/mol. The van der Waals surface area contributed by atoms with Gasteiger partial charge in [-0.1, -0.05) is 55.5 Å². The largest absolute Gasteiger partial charge is 0.494 e. The molecular formula is C23H24O3. The van der Waals surface area contributed by atoms with Crippen LogP contribution in [0, 0.1) is 0 Å². The van der Waals surface area contributed by atoms with Crippen molar-refractivity contribution in [1.29, 1.82) is 0 Å². The van der Waals surface area contributed by atoms with Crippen molar-refractivity contribution in [1.82, 2.24) is 0 Å². The Labute approximate surface area is 154 Å². The van der Waals surface area contributed by atoms with Gasteiger partial charge in [0.1, 0.15) is 18.1 Å². The third-order valence-electron chi connectivity index (χ3n) is 4.09. The monoisotopic (exact) mass is 348 g/mol. The van der Waals surface area contributed by atoms with Crippen LogP contribution in [-0.4, -0.2) is 24.9 Å². The van der Waals surface area contributed by atoms with Gasteiger partial charge >= 0.3 is 0 Å². The molecule has 0 aliphatic rings. The van der Waals surface area contributed by atoms with Crippen molar-refractivity contribution in [3.05, 3.63) is 72.8 Å². The van der Waals surface area contributed by atoms with E-state index in [2.05, 4.69) is 43.3 Å². The molecule has 0 fully saturated rings. The molecule has 3 nitrogen and oxygen atoms in total. The third kappa shape index (κ3) is 4.64. The van der Waals surface area contributed by atoms with Gasteiger partial charge in [-0.05, 0) is 52.9 Å². The molecular weight excluding hydrogens is 324 g/mol. The van der Waals surface area contributed by atoms with Gasteiger partial charge in [0.05, 0.1) is 13.2 Å². The fraction of sp³-hybridized carbons (Fsp3) is 0.217. The molecule has 0 unspecified atom stereocenters. The van der Waals surface area contributed by atoms with E-state index in [1.54, 1.807) is 0 Å². The molecule has 3 aromatic rings. The molecule has 134 valence electrons. The van der Waals surface area contributed by atoms with Gasteiger partial charge in [-0.3, -0.25) is 0 Å². The molecule has 0 amide bonds. The molecule has 1 N–H and O–H groups in total. The van der Waals surface area contributed by atoms with E-state index in [9.17, 15) is 0 Å². The summed E-state index contributed by atoms with van der Waals surface area (Å²) >= 11 is 0. The lowest BCUT2D eigenvalue weighted by molar-refractivity contribution is 0.201. The fourth-order valence-corrected chi connectivity index (χ4v) is 2.73. The molecule has 3 heteroatoms. The first-order valence-electron chi connectivity index (χ1n) is 8.97. The first-order valence-corrected chi connectivity index (χ1v) is 8.97. The molecule has 0 aromatic heterocycles. The van der Waals surface area contributed by atoms with Gasteiger partial charge in [-0.15, -0.1) is 0 Å². The lowest BCUT2D eigenvalue weighted by atomic mass is 10.0. The maximum atomic E-state index is 8.80. The van der Waals surface area contributed by atoms with Crippen molar-refractivity contribution in [3.63, 3.8) is 0 Å². The van der Waals surface area contributed by atoms with E-state index in [0.717, 1.165) is 35.7 Å². The van der Waals surface area contributed by atoms with Gasteiger partial charge < -0.3 is 14.6 Å². The number of rotatable bonds is 8. The van der Waals surface area contributed by atoms with Crippen LogP contribution in [0.2, 0.25) is 0 Å². The Hall–Kier alpha value is -2.78. The van der Waals surface area contributed by atoms with Crippen molar-refractivity contribution >= 4 is 0 Å². The van der Waals surface area contributed by atoms with Crippen LogP contribution in [0.1, 0.15) is 13.3 Å². The number of benzene rings is 3. The van der Waals surface area contributed by atoms with E-state index in [1.807, 2.05) is 36.4 Å². The molecule has 0 bridgehead atoms. The topological polar surface area (TPSA) is 38.7 Å². The van der Waals surface area contributed by atoms with Gasteiger partial charge in [0.15, 0.2) is 0 Å². The molecule has 0 saturated heterocycles. The third-order valence-corrected chi connectivity index (χ3v) is 4.09. The maximum absolute atomic E-state index is 8.80. The molecule has 0 spiro atoms. The molecule has 0 aliphatic carbocycles. The van der Waals surface area contributed by atoms with Crippen LogP contribution in [0.15, 0.2) is 72.8 Å². The van der Waals surface area contributed by atoms with E-state index < -0.39 is 0 Å². The highest BCUT2D eigenvalue weighted by Gasteiger charge is 2.02. The molecule has 0 radical (unpaired) electrons. The molecule has 3 rings (SSSR count). The average Bonchev–Trinajstić information content (AvgIpc) is 2.72. The molecule has 0 saturated carbocycles. The standard InChI is InChI=1S/C23H24O3/c1-2-16-25-22-11-7-20(8-12-22)18-3-5-19(6-4-18)21-9-13-23(14-10-21)26-17-15-24/h3-14,24H,2,15-17H2,1H3. The highest BCUT2D eigenvalue weighted by molar-refractivity contribution is 5.71. The molecule has 26 heavy (non-hydrogen) atoms. The zero-order chi connectivity index (χ0) is 18.2. The Morgan fingerprint density at radius 3 is 1.27 bits per heavy atom. The molecule has 0 atom stereocenters. The summed E-state index contributed by atoms with van der Waals surface area (Å²) in [6.07, 6.45) is 1.01. The van der Waals surface area contributed by atoms with Crippen molar-refractivity contribution in [2.24, 2.45) is 0 Å². The van der Waals surface area contributed by atoms with Gasteiger partial charge in [-0.2, -0.15) is 0 Å². The number of hydrogen-bond donors (Lipinski definition) is 1. The summed E-state index contributed by atoms with van der Waals surface area (Å²) in [5, 5.41) is 8.80. The minimum Gasteiger partial charge on any atom is -0.494 e. The predicted octanol–water partition coefficient (Wildman–Crippen LogP) is 5.18. The van der Waals surface area contributed by atoms with Crippen LogP contribution in [0.5, 0.6) is 11.5 Å². The second-order valence-corrected chi connectivity index (χ2v) is 6.05. The zero-order valence-corrected chi connectivity index (χ0v) is 15.0. The van der Waals surface area contributed by atoms with Crippen molar-refractivity contribution in [3.8, 4) is 33.8 Å². The van der Waals surface area contributed by atoms with Crippen LogP contribution >= 0.6 is 0 Å². The quantitative estimate of drug-likeness (QED) is 0.609. The second-order valence-electron chi connectivity index (χ2n) is 6.05. The summed E-state index contributed by atoms with van der Waals surface area (Å²) in [7, 11) is 0. The van der Waals surface area contributed by atoms with E-state index in [1.165, 1.54) is 11.1 Å². The summed E-state index contributed by atoms with van der Waals surface area (Å²) in [6.45, 7) is 3.19. The summed E-state index contributed by atoms with van der Waals surface area (Å²) in [5.41, 5.74) is 4.65. The van der Waals surface area contributed by atoms with Gasteiger partial charge in [0.2, 0.25) is 0 Å². The Morgan fingerprint density at radius 1 is 0.577 bits per heavy atom. The highest BCUT2D eigenvalue weighted by atomic mass is 16.5. The van der Waals surface area contributed by atoms with Crippen molar-refractivity contribution < 1.29 is 14.6 Å². The number of ether oxygens (including phenoxy) is 2. The minimum atomic E-state index is 0.0227. The van der Waals surface area contributed by atoms with Gasteiger partial charge in [-0.25, -0.2) is 0 Å². The van der Waals surface area contributed by atoms with Crippen LogP contribution in [0.3, 0.4) is 0 Å². The van der Waals surface area contributed by atoms with Crippen LogP contribution in [0.25, 0.3) is 22.3 Å². The molecule has 0 aliphatic heterocycles. The number of aliphatic hydroxyl groups excluding tert-OH is 1. The van der Waals surface area contributed by atoms with Gasteiger partial charge in [0, 0.05) is 0 Å². The van der Waals surface area contributed by atoms with Crippen molar-refractivity contribution in [2.45, 2.75) is 13.3 Å². The molecule has 3 aromatic carbocycles. The van der Waals surface area contributed by atoms with E-state index >= 15 is 0 Å². The Bertz CT molecular complexity index is 720. The van der Waals surface area contributed by atoms with Crippen LogP contribution < -0.4 is 9.47 Å². The highest BCUT2D eigenvalue weighted by Crippen LogP contribution is 2.27.